The number of carbonyl (C=O) groups excluding carboxylic acids is 1. The topological polar surface area (TPSA) is 85.6 Å². The van der Waals surface area contributed by atoms with Crippen LogP contribution in [0.3, 0.4) is 0 Å². The normalized spacial score (nSPS) is 12.6. The highest BCUT2D eigenvalue weighted by molar-refractivity contribution is 6.31. The summed E-state index contributed by atoms with van der Waals surface area (Å²) in [5.74, 6) is 0.416. The summed E-state index contributed by atoms with van der Waals surface area (Å²) in [5, 5.41) is 3.35. The number of hydrogen-bond acceptors (Lipinski definition) is 5. The predicted molar refractivity (Wildman–Crippen MR) is 105 cm³/mol. The first-order valence-corrected chi connectivity index (χ1v) is 9.42. The van der Waals surface area contributed by atoms with Crippen molar-refractivity contribution in [3.63, 3.8) is 0 Å². The zero-order valence-corrected chi connectivity index (χ0v) is 16.5. The number of nitrogens with one attached hydrogen (secondary N) is 1. The summed E-state index contributed by atoms with van der Waals surface area (Å²) in [7, 11) is 0. The van der Waals surface area contributed by atoms with Crippen LogP contribution in [0.25, 0.3) is 11.2 Å². The standard InChI is InChI=1S/C16H17ClN6O.C3H6/c1-9(2)23-14(22-12-4-11(17)6-20-15(12)23)8-21-16(24)13-7-18-10(3)5-19-13;1-2-3-1/h4-7,9H,8H2,1-3H3,(H,21,24);1-3H2. The van der Waals surface area contributed by atoms with Gasteiger partial charge in [0.05, 0.1) is 23.5 Å². The van der Waals surface area contributed by atoms with Gasteiger partial charge in [-0.2, -0.15) is 0 Å². The maximum absolute atomic E-state index is 12.2. The van der Waals surface area contributed by atoms with Crippen LogP contribution in [0, 0.1) is 6.92 Å². The lowest BCUT2D eigenvalue weighted by atomic mass is 10.3. The van der Waals surface area contributed by atoms with Gasteiger partial charge < -0.3 is 9.88 Å². The van der Waals surface area contributed by atoms with Crippen LogP contribution in [0.2, 0.25) is 5.02 Å². The summed E-state index contributed by atoms with van der Waals surface area (Å²) >= 11 is 5.98. The molecule has 0 radical (unpaired) electrons. The fourth-order valence-corrected chi connectivity index (χ4v) is 2.58. The van der Waals surface area contributed by atoms with Gasteiger partial charge in [-0.3, -0.25) is 9.78 Å². The summed E-state index contributed by atoms with van der Waals surface area (Å²) in [5.41, 5.74) is 2.48. The number of aryl methyl sites for hydroxylation is 1. The maximum atomic E-state index is 12.2. The first-order chi connectivity index (χ1) is 13.0. The number of rotatable bonds is 4. The smallest absolute Gasteiger partial charge is 0.271 e. The molecule has 0 aromatic carbocycles. The number of pyridine rings is 1. The average Bonchev–Trinajstić information content (AvgIpc) is 3.47. The van der Waals surface area contributed by atoms with Crippen molar-refractivity contribution >= 4 is 28.7 Å². The van der Waals surface area contributed by atoms with Crippen molar-refractivity contribution in [1.82, 2.24) is 29.8 Å². The van der Waals surface area contributed by atoms with E-state index in [0.29, 0.717) is 16.4 Å². The number of fused-ring (bicyclic) bond motifs is 1. The number of aromatic nitrogens is 5. The first kappa shape index (κ1) is 19.2. The van der Waals surface area contributed by atoms with Gasteiger partial charge in [-0.15, -0.1) is 0 Å². The third kappa shape index (κ3) is 5.01. The molecule has 1 aliphatic rings. The zero-order chi connectivity index (χ0) is 19.4. The molecule has 8 heteroatoms. The Hall–Kier alpha value is -2.54. The minimum atomic E-state index is -0.296. The lowest BCUT2D eigenvalue weighted by molar-refractivity contribution is 0.0944. The fraction of sp³-hybridized carbons (Fsp3) is 0.421. The number of amides is 1. The van der Waals surface area contributed by atoms with E-state index < -0.39 is 0 Å². The molecule has 1 fully saturated rings. The quantitative estimate of drug-likeness (QED) is 0.735. The molecule has 0 spiro atoms. The van der Waals surface area contributed by atoms with Crippen molar-refractivity contribution in [1.29, 1.82) is 0 Å². The second-order valence-electron chi connectivity index (χ2n) is 6.77. The van der Waals surface area contributed by atoms with Gasteiger partial charge in [-0.05, 0) is 26.8 Å². The van der Waals surface area contributed by atoms with Gasteiger partial charge in [0, 0.05) is 18.4 Å². The molecule has 4 rings (SSSR count). The van der Waals surface area contributed by atoms with E-state index in [4.69, 9.17) is 11.6 Å². The Morgan fingerprint density at radius 2 is 1.93 bits per heavy atom. The van der Waals surface area contributed by atoms with Crippen LogP contribution < -0.4 is 5.32 Å². The van der Waals surface area contributed by atoms with E-state index >= 15 is 0 Å². The lowest BCUT2D eigenvalue weighted by Gasteiger charge is -2.12. The second-order valence-corrected chi connectivity index (χ2v) is 7.21. The van der Waals surface area contributed by atoms with Crippen LogP contribution in [-0.2, 0) is 6.54 Å². The van der Waals surface area contributed by atoms with Crippen molar-refractivity contribution < 1.29 is 4.79 Å². The minimum absolute atomic E-state index is 0.148. The summed E-state index contributed by atoms with van der Waals surface area (Å²) in [6.45, 7) is 6.15. The number of halogens is 1. The number of carbonyl (C=O) groups is 1. The maximum Gasteiger partial charge on any atom is 0.271 e. The molecule has 142 valence electrons. The Bertz CT molecular complexity index is 931. The van der Waals surface area contributed by atoms with Crippen LogP contribution in [0.4, 0.5) is 0 Å². The molecule has 0 atom stereocenters. The molecule has 1 amide bonds. The van der Waals surface area contributed by atoms with Crippen LogP contribution in [0.15, 0.2) is 24.7 Å². The molecule has 1 N–H and O–H groups in total. The van der Waals surface area contributed by atoms with Gasteiger partial charge >= 0.3 is 0 Å². The van der Waals surface area contributed by atoms with Crippen molar-refractivity contribution in [3.8, 4) is 0 Å². The van der Waals surface area contributed by atoms with E-state index in [-0.39, 0.29) is 24.2 Å². The second kappa shape index (κ2) is 8.43. The molecule has 3 heterocycles. The van der Waals surface area contributed by atoms with Gasteiger partial charge in [0.2, 0.25) is 0 Å². The van der Waals surface area contributed by atoms with Gasteiger partial charge in [-0.25, -0.2) is 15.0 Å². The summed E-state index contributed by atoms with van der Waals surface area (Å²) in [4.78, 5) is 29.2. The fourth-order valence-electron chi connectivity index (χ4n) is 2.43. The average molecular weight is 387 g/mol. The number of hydrogen-bond donors (Lipinski definition) is 1. The molecule has 1 saturated carbocycles. The molecular weight excluding hydrogens is 364 g/mol. The molecule has 3 aromatic rings. The summed E-state index contributed by atoms with van der Waals surface area (Å²) < 4.78 is 1.98. The van der Waals surface area contributed by atoms with Crippen LogP contribution in [0.5, 0.6) is 0 Å². The van der Waals surface area contributed by atoms with Gasteiger partial charge in [0.25, 0.3) is 5.91 Å². The van der Waals surface area contributed by atoms with Crippen LogP contribution in [-0.4, -0.2) is 30.4 Å². The molecule has 7 nitrogen and oxygen atoms in total. The zero-order valence-electron chi connectivity index (χ0n) is 15.7. The van der Waals surface area contributed by atoms with Crippen molar-refractivity contribution in [2.45, 2.75) is 52.6 Å². The van der Waals surface area contributed by atoms with E-state index in [1.165, 1.54) is 25.5 Å². The molecule has 27 heavy (non-hydrogen) atoms. The molecule has 0 aliphatic heterocycles. The van der Waals surface area contributed by atoms with E-state index in [1.54, 1.807) is 18.5 Å². The third-order valence-corrected chi connectivity index (χ3v) is 4.07. The van der Waals surface area contributed by atoms with E-state index in [2.05, 4.69) is 25.3 Å². The van der Waals surface area contributed by atoms with Crippen molar-refractivity contribution in [3.05, 3.63) is 46.9 Å². The minimum Gasteiger partial charge on any atom is -0.343 e. The first-order valence-electron chi connectivity index (χ1n) is 9.05. The van der Waals surface area contributed by atoms with Crippen molar-refractivity contribution in [2.24, 2.45) is 0 Å². The Kier molecular flexibility index (Phi) is 6.01. The highest BCUT2D eigenvalue weighted by atomic mass is 35.5. The Morgan fingerprint density at radius 3 is 2.52 bits per heavy atom. The third-order valence-electron chi connectivity index (χ3n) is 3.86. The predicted octanol–water partition coefficient (Wildman–Crippen LogP) is 3.86. The van der Waals surface area contributed by atoms with Gasteiger partial charge in [-0.1, -0.05) is 30.9 Å². The molecule has 1 aliphatic carbocycles. The van der Waals surface area contributed by atoms with E-state index in [0.717, 1.165) is 11.3 Å². The summed E-state index contributed by atoms with van der Waals surface area (Å²) in [6, 6.07) is 1.91. The van der Waals surface area contributed by atoms with Crippen LogP contribution >= 0.6 is 11.6 Å². The number of imidazole rings is 1. The van der Waals surface area contributed by atoms with Gasteiger partial charge in [0.15, 0.2) is 5.65 Å². The van der Waals surface area contributed by atoms with Crippen LogP contribution in [0.1, 0.15) is 61.2 Å². The highest BCUT2D eigenvalue weighted by Crippen LogP contribution is 2.21. The SMILES string of the molecule is C1CC1.Cc1cnc(C(=O)NCc2nc3cc(Cl)cnc3n2C(C)C)cn1. The largest absolute Gasteiger partial charge is 0.343 e. The Labute approximate surface area is 163 Å². The van der Waals surface area contributed by atoms with Gasteiger partial charge in [0.1, 0.15) is 17.0 Å². The number of nitrogens with zero attached hydrogens (tertiary/aromatic N) is 5. The Balaban J connectivity index is 0.000000637. The highest BCUT2D eigenvalue weighted by Gasteiger charge is 2.16. The molecule has 0 bridgehead atoms. The molecular formula is C19H23ClN6O. The van der Waals surface area contributed by atoms with E-state index in [9.17, 15) is 4.79 Å². The molecule has 0 unspecified atom stereocenters. The Morgan fingerprint density at radius 1 is 1.19 bits per heavy atom. The van der Waals surface area contributed by atoms with E-state index in [1.807, 2.05) is 25.3 Å². The van der Waals surface area contributed by atoms with Crippen molar-refractivity contribution in [2.75, 3.05) is 0 Å². The molecule has 3 aromatic heterocycles. The monoisotopic (exact) mass is 386 g/mol. The summed E-state index contributed by atoms with van der Waals surface area (Å²) in [6.07, 6.45) is 9.11. The lowest BCUT2D eigenvalue weighted by Crippen LogP contribution is -2.26. The molecule has 0 saturated heterocycles.